The number of likely N-dealkylation sites (tertiary alicyclic amines) is 1. The van der Waals surface area contributed by atoms with Crippen molar-refractivity contribution >= 4 is 11.8 Å². The van der Waals surface area contributed by atoms with Gasteiger partial charge in [0.15, 0.2) is 0 Å². The lowest BCUT2D eigenvalue weighted by molar-refractivity contribution is -0.131. The number of rotatable bonds is 2. The minimum absolute atomic E-state index is 0.0724. The van der Waals surface area contributed by atoms with Gasteiger partial charge in [-0.15, -0.1) is 0 Å². The molecule has 2 aliphatic rings. The first-order chi connectivity index (χ1) is 11.1. The summed E-state index contributed by atoms with van der Waals surface area (Å²) in [4.78, 5) is 33.6. The molecule has 0 aliphatic carbocycles. The zero-order chi connectivity index (χ0) is 16.4. The maximum absolute atomic E-state index is 12.4. The Bertz CT molecular complexity index is 572. The van der Waals surface area contributed by atoms with Crippen molar-refractivity contribution in [2.24, 2.45) is 0 Å². The van der Waals surface area contributed by atoms with Gasteiger partial charge in [-0.25, -0.2) is 0 Å². The van der Waals surface area contributed by atoms with E-state index >= 15 is 0 Å². The van der Waals surface area contributed by atoms with Crippen LogP contribution in [0, 0.1) is 0 Å². The van der Waals surface area contributed by atoms with Crippen molar-refractivity contribution in [1.29, 1.82) is 0 Å². The van der Waals surface area contributed by atoms with E-state index in [0.29, 0.717) is 31.9 Å². The van der Waals surface area contributed by atoms with Crippen LogP contribution in [0.3, 0.4) is 0 Å². The summed E-state index contributed by atoms with van der Waals surface area (Å²) in [5, 5.41) is 10.3. The molecule has 1 N–H and O–H groups in total. The Morgan fingerprint density at radius 3 is 2.48 bits per heavy atom. The van der Waals surface area contributed by atoms with Gasteiger partial charge in [0.25, 0.3) is 5.91 Å². The van der Waals surface area contributed by atoms with Crippen molar-refractivity contribution in [2.45, 2.75) is 19.1 Å². The SMILES string of the molecule is CC(=O)N1CCN([C@@H]2CN(C(=O)c3ccccn3)C[C@H]2O)CC1. The van der Waals surface area contributed by atoms with E-state index < -0.39 is 6.10 Å². The normalized spacial score (nSPS) is 25.7. The molecule has 0 unspecified atom stereocenters. The lowest BCUT2D eigenvalue weighted by atomic mass is 10.1. The van der Waals surface area contributed by atoms with E-state index in [2.05, 4.69) is 9.88 Å². The number of hydrogen-bond acceptors (Lipinski definition) is 5. The van der Waals surface area contributed by atoms with Crippen molar-refractivity contribution in [3.05, 3.63) is 30.1 Å². The zero-order valence-corrected chi connectivity index (χ0v) is 13.3. The Balaban J connectivity index is 1.61. The summed E-state index contributed by atoms with van der Waals surface area (Å²) >= 11 is 0. The second-order valence-electron chi connectivity index (χ2n) is 6.10. The number of carbonyl (C=O) groups excluding carboxylic acids is 2. The fraction of sp³-hybridized carbons (Fsp3) is 0.562. The molecule has 3 heterocycles. The van der Waals surface area contributed by atoms with Gasteiger partial charge >= 0.3 is 0 Å². The summed E-state index contributed by atoms with van der Waals surface area (Å²) in [6, 6.07) is 5.17. The maximum atomic E-state index is 12.4. The molecular weight excluding hydrogens is 296 g/mol. The lowest BCUT2D eigenvalue weighted by Crippen LogP contribution is -2.54. The van der Waals surface area contributed by atoms with Crippen molar-refractivity contribution in [3.63, 3.8) is 0 Å². The van der Waals surface area contributed by atoms with Gasteiger partial charge in [-0.05, 0) is 12.1 Å². The van der Waals surface area contributed by atoms with Crippen LogP contribution in [-0.2, 0) is 4.79 Å². The fourth-order valence-corrected chi connectivity index (χ4v) is 3.31. The first-order valence-corrected chi connectivity index (χ1v) is 7.94. The molecule has 7 nitrogen and oxygen atoms in total. The number of aliphatic hydroxyl groups is 1. The highest BCUT2D eigenvalue weighted by molar-refractivity contribution is 5.92. The number of nitrogens with zero attached hydrogens (tertiary/aromatic N) is 4. The zero-order valence-electron chi connectivity index (χ0n) is 13.3. The van der Waals surface area contributed by atoms with E-state index in [1.165, 1.54) is 0 Å². The molecule has 0 saturated carbocycles. The van der Waals surface area contributed by atoms with Crippen LogP contribution in [0.15, 0.2) is 24.4 Å². The Morgan fingerprint density at radius 2 is 1.87 bits per heavy atom. The van der Waals surface area contributed by atoms with E-state index in [4.69, 9.17) is 0 Å². The van der Waals surface area contributed by atoms with Crippen molar-refractivity contribution in [2.75, 3.05) is 39.3 Å². The molecule has 1 aromatic rings. The van der Waals surface area contributed by atoms with E-state index in [0.717, 1.165) is 13.1 Å². The van der Waals surface area contributed by atoms with Crippen molar-refractivity contribution in [1.82, 2.24) is 19.7 Å². The van der Waals surface area contributed by atoms with Gasteiger partial charge in [-0.1, -0.05) is 6.07 Å². The van der Waals surface area contributed by atoms with Crippen LogP contribution in [0.4, 0.5) is 0 Å². The number of amides is 2. The molecule has 0 bridgehead atoms. The summed E-state index contributed by atoms with van der Waals surface area (Å²) in [5.74, 6) is -0.0573. The average Bonchev–Trinajstić information content (AvgIpc) is 2.97. The second-order valence-corrected chi connectivity index (χ2v) is 6.10. The average molecular weight is 318 g/mol. The van der Waals surface area contributed by atoms with Gasteiger partial charge in [0, 0.05) is 52.4 Å². The Kier molecular flexibility index (Phi) is 4.58. The van der Waals surface area contributed by atoms with Crippen LogP contribution >= 0.6 is 0 Å². The first-order valence-electron chi connectivity index (χ1n) is 7.94. The summed E-state index contributed by atoms with van der Waals surface area (Å²) in [6.07, 6.45) is 1.03. The predicted molar refractivity (Wildman–Crippen MR) is 83.8 cm³/mol. The van der Waals surface area contributed by atoms with E-state index in [1.54, 1.807) is 36.2 Å². The van der Waals surface area contributed by atoms with Gasteiger partial charge in [-0.3, -0.25) is 19.5 Å². The topological polar surface area (TPSA) is 77.0 Å². The number of carbonyl (C=O) groups is 2. The van der Waals surface area contributed by atoms with Crippen LogP contribution in [-0.4, -0.2) is 88.0 Å². The third kappa shape index (κ3) is 3.35. The fourth-order valence-electron chi connectivity index (χ4n) is 3.31. The molecule has 0 spiro atoms. The van der Waals surface area contributed by atoms with Gasteiger partial charge in [0.1, 0.15) is 5.69 Å². The highest BCUT2D eigenvalue weighted by Gasteiger charge is 2.39. The van der Waals surface area contributed by atoms with Crippen LogP contribution in [0.5, 0.6) is 0 Å². The quantitative estimate of drug-likeness (QED) is 0.790. The van der Waals surface area contributed by atoms with Crippen molar-refractivity contribution in [3.8, 4) is 0 Å². The van der Waals surface area contributed by atoms with Gasteiger partial charge in [-0.2, -0.15) is 0 Å². The van der Waals surface area contributed by atoms with E-state index in [1.807, 2.05) is 4.90 Å². The molecule has 1 aromatic heterocycles. The molecule has 2 amide bonds. The summed E-state index contributed by atoms with van der Waals surface area (Å²) in [6.45, 7) is 5.20. The predicted octanol–water partition coefficient (Wildman–Crippen LogP) is -0.569. The summed E-state index contributed by atoms with van der Waals surface area (Å²) in [7, 11) is 0. The summed E-state index contributed by atoms with van der Waals surface area (Å²) < 4.78 is 0. The number of aliphatic hydroxyl groups excluding tert-OH is 1. The Morgan fingerprint density at radius 1 is 1.13 bits per heavy atom. The van der Waals surface area contributed by atoms with E-state index in [-0.39, 0.29) is 17.9 Å². The van der Waals surface area contributed by atoms with Crippen LogP contribution < -0.4 is 0 Å². The molecule has 2 saturated heterocycles. The largest absolute Gasteiger partial charge is 0.390 e. The van der Waals surface area contributed by atoms with Crippen molar-refractivity contribution < 1.29 is 14.7 Å². The minimum atomic E-state index is -0.563. The molecule has 0 aromatic carbocycles. The lowest BCUT2D eigenvalue weighted by Gasteiger charge is -2.38. The molecule has 2 fully saturated rings. The molecular formula is C16H22N4O3. The van der Waals surface area contributed by atoms with Gasteiger partial charge < -0.3 is 14.9 Å². The maximum Gasteiger partial charge on any atom is 0.272 e. The highest BCUT2D eigenvalue weighted by atomic mass is 16.3. The van der Waals surface area contributed by atoms with Crippen LogP contribution in [0.25, 0.3) is 0 Å². The number of pyridine rings is 1. The number of β-amino-alcohol motifs (C(OH)–C–C–N with tert-alkyl or cyclic N) is 1. The van der Waals surface area contributed by atoms with Gasteiger partial charge in [0.05, 0.1) is 12.1 Å². The Hall–Kier alpha value is -1.99. The molecule has 2 atom stereocenters. The Labute approximate surface area is 135 Å². The number of hydrogen-bond donors (Lipinski definition) is 1. The molecule has 124 valence electrons. The minimum Gasteiger partial charge on any atom is -0.390 e. The number of piperazine rings is 1. The molecule has 7 heteroatoms. The molecule has 3 rings (SSSR count). The molecule has 23 heavy (non-hydrogen) atoms. The molecule has 2 aliphatic heterocycles. The van der Waals surface area contributed by atoms with Gasteiger partial charge in [0.2, 0.25) is 5.91 Å². The van der Waals surface area contributed by atoms with Crippen LogP contribution in [0.2, 0.25) is 0 Å². The standard InChI is InChI=1S/C16H22N4O3/c1-12(21)18-6-8-19(9-7-18)14-10-20(11-15(14)22)16(23)13-4-2-3-5-17-13/h2-5,14-15,22H,6-11H2,1H3/t14-,15-/m1/s1. The highest BCUT2D eigenvalue weighted by Crippen LogP contribution is 2.20. The third-order valence-corrected chi connectivity index (χ3v) is 4.66. The monoisotopic (exact) mass is 318 g/mol. The smallest absolute Gasteiger partial charge is 0.272 e. The number of aromatic nitrogens is 1. The molecule has 0 radical (unpaired) electrons. The van der Waals surface area contributed by atoms with Crippen LogP contribution in [0.1, 0.15) is 17.4 Å². The second kappa shape index (κ2) is 6.64. The van der Waals surface area contributed by atoms with E-state index in [9.17, 15) is 14.7 Å². The first kappa shape index (κ1) is 15.9. The summed E-state index contributed by atoms with van der Waals surface area (Å²) in [5.41, 5.74) is 0.404. The third-order valence-electron chi connectivity index (χ3n) is 4.66.